The highest BCUT2D eigenvalue weighted by molar-refractivity contribution is 5.92. The number of hydrogen-bond acceptors (Lipinski definition) is 5. The van der Waals surface area contributed by atoms with E-state index < -0.39 is 29.2 Å². The topological polar surface area (TPSA) is 77.6 Å². The molecule has 0 bridgehead atoms. The number of pyridine rings is 1. The summed E-state index contributed by atoms with van der Waals surface area (Å²) in [6.07, 6.45) is -5.06. The maximum atomic E-state index is 12.2. The van der Waals surface area contributed by atoms with Gasteiger partial charge >= 0.3 is 12.3 Å². The molecule has 0 fully saturated rings. The third kappa shape index (κ3) is 3.90. The third-order valence-corrected chi connectivity index (χ3v) is 1.90. The van der Waals surface area contributed by atoms with E-state index in [4.69, 9.17) is 0 Å². The Kier molecular flexibility index (Phi) is 4.41. The molecule has 6 nitrogen and oxygen atoms in total. The summed E-state index contributed by atoms with van der Waals surface area (Å²) in [6.45, 7) is 1.34. The van der Waals surface area contributed by atoms with Crippen molar-refractivity contribution in [3.05, 3.63) is 22.0 Å². The van der Waals surface area contributed by atoms with E-state index in [1.54, 1.807) is 0 Å². The van der Waals surface area contributed by atoms with Gasteiger partial charge in [-0.05, 0) is 6.92 Å². The van der Waals surface area contributed by atoms with Crippen LogP contribution in [0.2, 0.25) is 0 Å². The number of carbonyl (C=O) groups excluding carboxylic acids is 1. The number of aromatic amines is 1. The van der Waals surface area contributed by atoms with Gasteiger partial charge in [-0.2, -0.15) is 0 Å². The van der Waals surface area contributed by atoms with Crippen molar-refractivity contribution in [1.82, 2.24) is 4.98 Å². The monoisotopic (exact) mass is 281 g/mol. The second-order valence-corrected chi connectivity index (χ2v) is 3.17. The second kappa shape index (κ2) is 5.63. The van der Waals surface area contributed by atoms with Gasteiger partial charge in [-0.3, -0.25) is 9.78 Å². The number of halogens is 3. The minimum absolute atomic E-state index is 0.101. The molecule has 19 heavy (non-hydrogen) atoms. The molecule has 0 aromatic carbocycles. The molecule has 0 spiro atoms. The average Bonchev–Trinajstić information content (AvgIpc) is 2.26. The Morgan fingerprint density at radius 2 is 2.05 bits per heavy atom. The largest absolute Gasteiger partial charge is 0.573 e. The number of esters is 1. The molecule has 1 aromatic rings. The van der Waals surface area contributed by atoms with E-state index in [2.05, 4.69) is 19.2 Å². The van der Waals surface area contributed by atoms with Gasteiger partial charge in [0.05, 0.1) is 13.7 Å². The predicted molar refractivity (Wildman–Crippen MR) is 56.3 cm³/mol. The number of ether oxygens (including phenoxy) is 3. The minimum atomic E-state index is -5.06. The van der Waals surface area contributed by atoms with Crippen LogP contribution in [0.1, 0.15) is 17.3 Å². The summed E-state index contributed by atoms with van der Waals surface area (Å²) in [5.41, 5.74) is -1.97. The molecule has 0 amide bonds. The van der Waals surface area contributed by atoms with E-state index in [9.17, 15) is 22.8 Å². The van der Waals surface area contributed by atoms with Gasteiger partial charge < -0.3 is 14.2 Å². The van der Waals surface area contributed by atoms with Gasteiger partial charge in [0.1, 0.15) is 0 Å². The van der Waals surface area contributed by atoms with Gasteiger partial charge in [-0.25, -0.2) is 4.79 Å². The first-order valence-corrected chi connectivity index (χ1v) is 5.02. The third-order valence-electron chi connectivity index (χ3n) is 1.90. The number of nitrogens with one attached hydrogen (secondary N) is 1. The van der Waals surface area contributed by atoms with Crippen molar-refractivity contribution in [1.29, 1.82) is 0 Å². The van der Waals surface area contributed by atoms with Crippen LogP contribution >= 0.6 is 0 Å². The highest BCUT2D eigenvalue weighted by Crippen LogP contribution is 2.27. The zero-order valence-electron chi connectivity index (χ0n) is 9.96. The predicted octanol–water partition coefficient (Wildman–Crippen LogP) is 1.46. The van der Waals surface area contributed by atoms with Crippen LogP contribution in [0.5, 0.6) is 11.6 Å². The van der Waals surface area contributed by atoms with Crippen LogP contribution < -0.4 is 15.0 Å². The highest BCUT2D eigenvalue weighted by Gasteiger charge is 2.34. The van der Waals surface area contributed by atoms with Gasteiger partial charge in [0.25, 0.3) is 5.56 Å². The van der Waals surface area contributed by atoms with Crippen molar-refractivity contribution in [3.63, 3.8) is 0 Å². The number of aromatic nitrogens is 1. The lowest BCUT2D eigenvalue weighted by molar-refractivity contribution is -0.274. The number of hydrogen-bond donors (Lipinski definition) is 1. The van der Waals surface area contributed by atoms with Crippen molar-refractivity contribution < 1.29 is 32.2 Å². The molecule has 0 saturated heterocycles. The quantitative estimate of drug-likeness (QED) is 0.845. The molecule has 0 aliphatic rings. The number of alkyl halides is 3. The lowest BCUT2D eigenvalue weighted by Crippen LogP contribution is -2.25. The highest BCUT2D eigenvalue weighted by atomic mass is 19.4. The fourth-order valence-electron chi connectivity index (χ4n) is 1.23. The van der Waals surface area contributed by atoms with Crippen LogP contribution in [-0.2, 0) is 4.74 Å². The van der Waals surface area contributed by atoms with Gasteiger partial charge in [-0.15, -0.1) is 13.2 Å². The van der Waals surface area contributed by atoms with Crippen molar-refractivity contribution in [2.75, 3.05) is 13.7 Å². The number of H-pyrrole nitrogens is 1. The Morgan fingerprint density at radius 1 is 1.42 bits per heavy atom. The number of carbonyl (C=O) groups is 1. The molecular weight excluding hydrogens is 271 g/mol. The van der Waals surface area contributed by atoms with E-state index in [1.807, 2.05) is 0 Å². The molecule has 1 aromatic heterocycles. The zero-order chi connectivity index (χ0) is 14.6. The van der Waals surface area contributed by atoms with Crippen LogP contribution in [0.15, 0.2) is 10.9 Å². The Labute approximate surface area is 105 Å². The van der Waals surface area contributed by atoms with E-state index in [0.717, 1.165) is 13.2 Å². The van der Waals surface area contributed by atoms with Gasteiger partial charge in [-0.1, -0.05) is 0 Å². The molecule has 9 heteroatoms. The lowest BCUT2D eigenvalue weighted by atomic mass is 10.2. The molecule has 1 heterocycles. The molecule has 106 valence electrons. The summed E-state index contributed by atoms with van der Waals surface area (Å²) in [4.78, 5) is 25.0. The fraction of sp³-hybridized carbons (Fsp3) is 0.400. The van der Waals surface area contributed by atoms with Gasteiger partial charge in [0.2, 0.25) is 0 Å². The maximum absolute atomic E-state index is 12.2. The van der Waals surface area contributed by atoms with Crippen LogP contribution in [-0.4, -0.2) is 31.0 Å². The van der Waals surface area contributed by atoms with E-state index in [1.165, 1.54) is 6.92 Å². The first kappa shape index (κ1) is 14.9. The first-order chi connectivity index (χ1) is 8.78. The van der Waals surface area contributed by atoms with E-state index in [0.29, 0.717) is 0 Å². The van der Waals surface area contributed by atoms with Crippen LogP contribution in [0, 0.1) is 0 Å². The minimum Gasteiger partial charge on any atom is -0.482 e. The smallest absolute Gasteiger partial charge is 0.482 e. The van der Waals surface area contributed by atoms with E-state index >= 15 is 0 Å². The molecule has 0 unspecified atom stereocenters. The number of rotatable bonds is 4. The van der Waals surface area contributed by atoms with Crippen molar-refractivity contribution in [3.8, 4) is 11.6 Å². The summed E-state index contributed by atoms with van der Waals surface area (Å²) < 4.78 is 49.3. The van der Waals surface area contributed by atoms with Gasteiger partial charge in [0, 0.05) is 6.07 Å². The zero-order valence-corrected chi connectivity index (χ0v) is 9.96. The summed E-state index contributed by atoms with van der Waals surface area (Å²) in [6, 6.07) is 0.737. The fourth-order valence-corrected chi connectivity index (χ4v) is 1.23. The Hall–Kier alpha value is -2.19. The number of methoxy groups -OCH3 is 1. The second-order valence-electron chi connectivity index (χ2n) is 3.17. The first-order valence-electron chi connectivity index (χ1n) is 5.02. The Bertz CT molecular complexity index is 523. The Balaban J connectivity index is 3.34. The summed E-state index contributed by atoms with van der Waals surface area (Å²) in [5.74, 6) is -2.48. The SMILES string of the molecule is CCOC(=O)c1c(OC(F)(F)F)cc(OC)[nH]c1=O. The molecule has 0 aliphatic carbocycles. The standard InChI is InChI=1S/C10H10F3NO5/c1-3-18-9(16)7-5(19-10(11,12)13)4-6(17-2)14-8(7)15/h4H,3H2,1-2H3,(H,14,15). The normalized spacial score (nSPS) is 11.0. The Morgan fingerprint density at radius 3 is 2.53 bits per heavy atom. The summed E-state index contributed by atoms with van der Waals surface area (Å²) in [5, 5.41) is 0. The van der Waals surface area contributed by atoms with Crippen molar-refractivity contribution in [2.45, 2.75) is 13.3 Å². The molecule has 1 N–H and O–H groups in total. The van der Waals surface area contributed by atoms with Crippen molar-refractivity contribution >= 4 is 5.97 Å². The van der Waals surface area contributed by atoms with Crippen molar-refractivity contribution in [2.24, 2.45) is 0 Å². The molecule has 0 saturated carbocycles. The van der Waals surface area contributed by atoms with Crippen LogP contribution in [0.4, 0.5) is 13.2 Å². The van der Waals surface area contributed by atoms with Crippen LogP contribution in [0.3, 0.4) is 0 Å². The lowest BCUT2D eigenvalue weighted by Gasteiger charge is -2.12. The molecule has 0 radical (unpaired) electrons. The maximum Gasteiger partial charge on any atom is 0.573 e. The molecule has 1 rings (SSSR count). The van der Waals surface area contributed by atoms with E-state index in [-0.39, 0.29) is 12.5 Å². The molecule has 0 aliphatic heterocycles. The van der Waals surface area contributed by atoms with Crippen LogP contribution in [0.25, 0.3) is 0 Å². The summed E-state index contributed by atoms with van der Waals surface area (Å²) in [7, 11) is 1.13. The molecule has 0 atom stereocenters. The molecular formula is C10H10F3NO5. The average molecular weight is 281 g/mol. The summed E-state index contributed by atoms with van der Waals surface area (Å²) >= 11 is 0. The van der Waals surface area contributed by atoms with Gasteiger partial charge in [0.15, 0.2) is 17.2 Å².